The molecule has 0 amide bonds. The zero-order chi connectivity index (χ0) is 20.6. The first-order valence-electron chi connectivity index (χ1n) is 9.33. The number of aromatic nitrogens is 2. The highest BCUT2D eigenvalue weighted by atomic mass is 32.2. The molecule has 150 valence electrons. The number of carbonyl (C=O) groups excluding carboxylic acids is 2. The maximum atomic E-state index is 12.2. The number of esters is 1. The number of carbonyl (C=O) groups is 2. The maximum Gasteiger partial charge on any atom is 0.306 e. The second-order valence-electron chi connectivity index (χ2n) is 6.37. The van der Waals surface area contributed by atoms with Crippen LogP contribution >= 0.6 is 11.8 Å². The zero-order valence-electron chi connectivity index (χ0n) is 16.4. The van der Waals surface area contributed by atoms with Crippen LogP contribution in [0.1, 0.15) is 41.6 Å². The molecular formula is C22H22N2O4S. The molecule has 1 aromatic heterocycles. The number of aryl methyl sites for hydroxylation is 1. The molecule has 6 nitrogen and oxygen atoms in total. The summed E-state index contributed by atoms with van der Waals surface area (Å²) in [5.74, 6) is 0.0887. The highest BCUT2D eigenvalue weighted by molar-refractivity contribution is 7.98. The molecule has 0 saturated heterocycles. The Morgan fingerprint density at radius 2 is 1.76 bits per heavy atom. The number of hydrogen-bond acceptors (Lipinski definition) is 7. The number of ketones is 1. The Hall–Kier alpha value is -2.93. The van der Waals surface area contributed by atoms with Crippen molar-refractivity contribution >= 4 is 23.5 Å². The fourth-order valence-electron chi connectivity index (χ4n) is 2.67. The smallest absolute Gasteiger partial charge is 0.306 e. The number of hydrogen-bond donors (Lipinski definition) is 0. The number of rotatable bonds is 9. The van der Waals surface area contributed by atoms with Crippen LogP contribution in [0.15, 0.2) is 57.9 Å². The standard InChI is InChI=1S/C22H22N2O4S/c1-3-15-4-6-17(7-5-15)22-23-20(28-24-22)14-27-21(26)13-12-19(25)16-8-10-18(29-2)11-9-16/h4-11H,3,12-14H2,1-2H3. The Bertz CT molecular complexity index is 965. The fourth-order valence-corrected chi connectivity index (χ4v) is 3.08. The molecule has 0 N–H and O–H groups in total. The van der Waals surface area contributed by atoms with Crippen molar-refractivity contribution in [1.82, 2.24) is 10.1 Å². The lowest BCUT2D eigenvalue weighted by molar-refractivity contribution is -0.145. The van der Waals surface area contributed by atoms with Crippen molar-refractivity contribution in [3.05, 3.63) is 65.5 Å². The molecule has 3 rings (SSSR count). The van der Waals surface area contributed by atoms with E-state index in [1.165, 1.54) is 5.56 Å². The van der Waals surface area contributed by atoms with Gasteiger partial charge in [0.05, 0.1) is 6.42 Å². The molecule has 0 aliphatic heterocycles. The molecule has 7 heteroatoms. The number of ether oxygens (including phenoxy) is 1. The van der Waals surface area contributed by atoms with E-state index in [-0.39, 0.29) is 31.1 Å². The van der Waals surface area contributed by atoms with Crippen molar-refractivity contribution < 1.29 is 18.8 Å². The van der Waals surface area contributed by atoms with Crippen molar-refractivity contribution in [2.24, 2.45) is 0 Å². The van der Waals surface area contributed by atoms with E-state index in [1.807, 2.05) is 42.7 Å². The molecule has 0 saturated carbocycles. The summed E-state index contributed by atoms with van der Waals surface area (Å²) in [5, 5.41) is 3.91. The summed E-state index contributed by atoms with van der Waals surface area (Å²) < 4.78 is 10.3. The average molecular weight is 410 g/mol. The maximum absolute atomic E-state index is 12.2. The van der Waals surface area contributed by atoms with Gasteiger partial charge in [-0.3, -0.25) is 9.59 Å². The number of Topliss-reactive ketones (excluding diaryl/α,β-unsaturated/α-hetero) is 1. The zero-order valence-corrected chi connectivity index (χ0v) is 17.2. The van der Waals surface area contributed by atoms with E-state index in [0.29, 0.717) is 11.4 Å². The quantitative estimate of drug-likeness (QED) is 0.286. The molecule has 0 radical (unpaired) electrons. The van der Waals surface area contributed by atoms with Crippen LogP contribution in [0, 0.1) is 0 Å². The van der Waals surface area contributed by atoms with Gasteiger partial charge in [-0.05, 0) is 30.4 Å². The van der Waals surface area contributed by atoms with Crippen LogP contribution in [0.25, 0.3) is 11.4 Å². The Balaban J connectivity index is 1.46. The third-order valence-corrected chi connectivity index (χ3v) is 5.16. The van der Waals surface area contributed by atoms with Crippen LogP contribution in [-0.2, 0) is 22.6 Å². The first-order valence-corrected chi connectivity index (χ1v) is 10.6. The van der Waals surface area contributed by atoms with Gasteiger partial charge in [0.25, 0.3) is 5.89 Å². The van der Waals surface area contributed by atoms with E-state index < -0.39 is 5.97 Å². The lowest BCUT2D eigenvalue weighted by Gasteiger charge is -2.03. The summed E-state index contributed by atoms with van der Waals surface area (Å²) in [5.41, 5.74) is 2.65. The van der Waals surface area contributed by atoms with Gasteiger partial charge in [-0.25, -0.2) is 0 Å². The number of nitrogens with zero attached hydrogens (tertiary/aromatic N) is 2. The summed E-state index contributed by atoms with van der Waals surface area (Å²) in [4.78, 5) is 29.4. The van der Waals surface area contributed by atoms with Gasteiger partial charge in [0.1, 0.15) is 0 Å². The Morgan fingerprint density at radius 3 is 2.41 bits per heavy atom. The molecule has 0 aliphatic rings. The lowest BCUT2D eigenvalue weighted by Crippen LogP contribution is -2.08. The first-order chi connectivity index (χ1) is 14.1. The van der Waals surface area contributed by atoms with Crippen molar-refractivity contribution in [1.29, 1.82) is 0 Å². The van der Waals surface area contributed by atoms with Gasteiger partial charge >= 0.3 is 5.97 Å². The van der Waals surface area contributed by atoms with E-state index in [0.717, 1.165) is 16.9 Å². The number of benzene rings is 2. The van der Waals surface area contributed by atoms with Gasteiger partial charge in [-0.1, -0.05) is 48.5 Å². The minimum absolute atomic E-state index is 0.00257. The molecule has 0 fully saturated rings. The molecule has 0 bridgehead atoms. The van der Waals surface area contributed by atoms with Crippen LogP contribution < -0.4 is 0 Å². The van der Waals surface area contributed by atoms with E-state index in [2.05, 4.69) is 17.1 Å². The monoisotopic (exact) mass is 410 g/mol. The van der Waals surface area contributed by atoms with Crippen LogP contribution in [0.5, 0.6) is 0 Å². The number of thioether (sulfide) groups is 1. The predicted octanol–water partition coefficient (Wildman–Crippen LogP) is 4.73. The van der Waals surface area contributed by atoms with Gasteiger partial charge in [-0.15, -0.1) is 11.8 Å². The van der Waals surface area contributed by atoms with Gasteiger partial charge in [0, 0.05) is 22.4 Å². The van der Waals surface area contributed by atoms with Crippen molar-refractivity contribution in [2.45, 2.75) is 37.7 Å². The first kappa shape index (κ1) is 20.8. The third-order valence-electron chi connectivity index (χ3n) is 4.41. The molecule has 0 atom stereocenters. The van der Waals surface area contributed by atoms with E-state index in [1.54, 1.807) is 23.9 Å². The summed E-state index contributed by atoms with van der Waals surface area (Å²) in [6.07, 6.45) is 3.03. The normalized spacial score (nSPS) is 10.7. The minimum Gasteiger partial charge on any atom is -0.456 e. The lowest BCUT2D eigenvalue weighted by atomic mass is 10.1. The van der Waals surface area contributed by atoms with Crippen LogP contribution in [0.2, 0.25) is 0 Å². The SMILES string of the molecule is CCc1ccc(-c2noc(COC(=O)CCC(=O)c3ccc(SC)cc3)n2)cc1. The summed E-state index contributed by atoms with van der Waals surface area (Å²) in [6, 6.07) is 15.2. The van der Waals surface area contributed by atoms with Gasteiger partial charge in [0.2, 0.25) is 5.82 Å². The topological polar surface area (TPSA) is 82.3 Å². The van der Waals surface area contributed by atoms with Gasteiger partial charge < -0.3 is 9.26 Å². The summed E-state index contributed by atoms with van der Waals surface area (Å²) in [6.45, 7) is 1.97. The second kappa shape index (κ2) is 10.0. The van der Waals surface area contributed by atoms with Crippen LogP contribution in [-0.4, -0.2) is 28.1 Å². The molecule has 1 heterocycles. The fraction of sp³-hybridized carbons (Fsp3) is 0.273. The second-order valence-corrected chi connectivity index (χ2v) is 7.25. The van der Waals surface area contributed by atoms with Crippen molar-refractivity contribution in [3.8, 4) is 11.4 Å². The van der Waals surface area contributed by atoms with Crippen molar-refractivity contribution in [2.75, 3.05) is 6.26 Å². The molecular weight excluding hydrogens is 388 g/mol. The predicted molar refractivity (Wildman–Crippen MR) is 111 cm³/mol. The van der Waals surface area contributed by atoms with Crippen LogP contribution in [0.4, 0.5) is 0 Å². The van der Waals surface area contributed by atoms with E-state index in [4.69, 9.17) is 9.26 Å². The third kappa shape index (κ3) is 5.77. The van der Waals surface area contributed by atoms with Gasteiger partial charge in [0.15, 0.2) is 12.4 Å². The Kier molecular flexibility index (Phi) is 7.19. The average Bonchev–Trinajstić information content (AvgIpc) is 3.25. The van der Waals surface area contributed by atoms with Crippen molar-refractivity contribution in [3.63, 3.8) is 0 Å². The summed E-state index contributed by atoms with van der Waals surface area (Å²) >= 11 is 1.61. The molecule has 0 spiro atoms. The summed E-state index contributed by atoms with van der Waals surface area (Å²) in [7, 11) is 0. The highest BCUT2D eigenvalue weighted by Crippen LogP contribution is 2.18. The van der Waals surface area contributed by atoms with Crippen LogP contribution in [0.3, 0.4) is 0 Å². The molecule has 0 aliphatic carbocycles. The van der Waals surface area contributed by atoms with E-state index >= 15 is 0 Å². The minimum atomic E-state index is -0.480. The Morgan fingerprint density at radius 1 is 1.03 bits per heavy atom. The molecule has 0 unspecified atom stereocenters. The largest absolute Gasteiger partial charge is 0.456 e. The Labute approximate surface area is 173 Å². The molecule has 2 aromatic carbocycles. The van der Waals surface area contributed by atoms with Gasteiger partial charge in [-0.2, -0.15) is 4.98 Å². The highest BCUT2D eigenvalue weighted by Gasteiger charge is 2.13. The molecule has 29 heavy (non-hydrogen) atoms. The molecule has 3 aromatic rings. The van der Waals surface area contributed by atoms with E-state index in [9.17, 15) is 9.59 Å².